The number of carbonyl (C=O) groups excluding carboxylic acids is 1. The summed E-state index contributed by atoms with van der Waals surface area (Å²) in [7, 11) is 1.61. The van der Waals surface area contributed by atoms with Gasteiger partial charge in [-0.25, -0.2) is 0 Å². The average Bonchev–Trinajstić information content (AvgIpc) is 3.33. The first-order valence-corrected chi connectivity index (χ1v) is 12.5. The van der Waals surface area contributed by atoms with Crippen molar-refractivity contribution >= 4 is 17.7 Å². The third kappa shape index (κ3) is 6.32. The standard InChI is InChI=1S/C27H25F3N4O2S/c1-3-34-24(19-10-7-12-22(15-19)36-2)32-33-26(34)37-17-20-9-4-5-13-23(20)25(35)31-16-18-8-6-11-21(14-18)27(28,29)30/h4-15H,3,16-17H2,1-2H3,(H,31,35). The maximum absolute atomic E-state index is 13.0. The lowest BCUT2D eigenvalue weighted by Crippen LogP contribution is -2.24. The van der Waals surface area contributed by atoms with E-state index in [-0.39, 0.29) is 12.5 Å². The first kappa shape index (κ1) is 26.3. The minimum atomic E-state index is -4.44. The zero-order valence-electron chi connectivity index (χ0n) is 20.2. The van der Waals surface area contributed by atoms with Crippen LogP contribution in [-0.4, -0.2) is 27.8 Å². The van der Waals surface area contributed by atoms with Crippen LogP contribution in [0.5, 0.6) is 5.75 Å². The summed E-state index contributed by atoms with van der Waals surface area (Å²) in [6.45, 7) is 2.64. The second kappa shape index (κ2) is 11.5. The van der Waals surface area contributed by atoms with Crippen LogP contribution in [0.15, 0.2) is 78.0 Å². The maximum Gasteiger partial charge on any atom is 0.416 e. The van der Waals surface area contributed by atoms with Crippen molar-refractivity contribution in [2.24, 2.45) is 0 Å². The van der Waals surface area contributed by atoms with Crippen LogP contribution >= 0.6 is 11.8 Å². The van der Waals surface area contributed by atoms with Crippen molar-refractivity contribution in [3.05, 3.63) is 95.1 Å². The Kier molecular flexibility index (Phi) is 8.17. The van der Waals surface area contributed by atoms with E-state index in [1.165, 1.54) is 17.8 Å². The molecule has 0 bridgehead atoms. The molecule has 0 saturated carbocycles. The minimum Gasteiger partial charge on any atom is -0.497 e. The summed E-state index contributed by atoms with van der Waals surface area (Å²) in [6.07, 6.45) is -4.44. The molecule has 10 heteroatoms. The molecule has 0 aliphatic heterocycles. The number of halogens is 3. The number of rotatable bonds is 9. The topological polar surface area (TPSA) is 69.0 Å². The zero-order chi connectivity index (χ0) is 26.4. The lowest BCUT2D eigenvalue weighted by atomic mass is 10.1. The van der Waals surface area contributed by atoms with E-state index in [9.17, 15) is 18.0 Å². The number of nitrogens with zero attached hydrogens (tertiary/aromatic N) is 3. The highest BCUT2D eigenvalue weighted by molar-refractivity contribution is 7.98. The number of methoxy groups -OCH3 is 1. The van der Waals surface area contributed by atoms with E-state index in [4.69, 9.17) is 4.74 Å². The molecule has 37 heavy (non-hydrogen) atoms. The van der Waals surface area contributed by atoms with Gasteiger partial charge in [0.25, 0.3) is 5.91 Å². The Hall–Kier alpha value is -3.79. The van der Waals surface area contributed by atoms with Gasteiger partial charge in [-0.15, -0.1) is 10.2 Å². The summed E-state index contributed by atoms with van der Waals surface area (Å²) in [6, 6.07) is 19.7. The number of amides is 1. The SMILES string of the molecule is CCn1c(SCc2ccccc2C(=O)NCc2cccc(C(F)(F)F)c2)nnc1-c1cccc(OC)c1. The van der Waals surface area contributed by atoms with Crippen LogP contribution in [0.4, 0.5) is 13.2 Å². The van der Waals surface area contributed by atoms with E-state index in [2.05, 4.69) is 15.5 Å². The summed E-state index contributed by atoms with van der Waals surface area (Å²) in [5.74, 6) is 1.55. The molecule has 3 aromatic carbocycles. The molecule has 0 saturated heterocycles. The number of benzene rings is 3. The number of hydrogen-bond acceptors (Lipinski definition) is 5. The molecule has 0 atom stereocenters. The highest BCUT2D eigenvalue weighted by Crippen LogP contribution is 2.30. The lowest BCUT2D eigenvalue weighted by molar-refractivity contribution is -0.137. The molecule has 0 fully saturated rings. The number of thioether (sulfide) groups is 1. The molecule has 4 rings (SSSR count). The van der Waals surface area contributed by atoms with Crippen molar-refractivity contribution < 1.29 is 22.7 Å². The van der Waals surface area contributed by atoms with E-state index >= 15 is 0 Å². The van der Waals surface area contributed by atoms with Gasteiger partial charge in [-0.2, -0.15) is 13.2 Å². The van der Waals surface area contributed by atoms with Crippen molar-refractivity contribution in [1.29, 1.82) is 0 Å². The fourth-order valence-corrected chi connectivity index (χ4v) is 4.81. The van der Waals surface area contributed by atoms with Crippen molar-refractivity contribution in [3.8, 4) is 17.1 Å². The van der Waals surface area contributed by atoms with Gasteiger partial charge in [-0.1, -0.05) is 54.2 Å². The lowest BCUT2D eigenvalue weighted by Gasteiger charge is -2.12. The van der Waals surface area contributed by atoms with Gasteiger partial charge in [0.05, 0.1) is 12.7 Å². The molecule has 1 aromatic heterocycles. The number of ether oxygens (including phenoxy) is 1. The van der Waals surface area contributed by atoms with Crippen molar-refractivity contribution in [3.63, 3.8) is 0 Å². The van der Waals surface area contributed by atoms with Gasteiger partial charge in [0.2, 0.25) is 0 Å². The van der Waals surface area contributed by atoms with Crippen molar-refractivity contribution in [2.45, 2.75) is 37.1 Å². The minimum absolute atomic E-state index is 0.0156. The van der Waals surface area contributed by atoms with Crippen LogP contribution in [0.2, 0.25) is 0 Å². The quantitative estimate of drug-likeness (QED) is 0.263. The molecule has 0 unspecified atom stereocenters. The van der Waals surface area contributed by atoms with Gasteiger partial charge in [0.1, 0.15) is 5.75 Å². The zero-order valence-corrected chi connectivity index (χ0v) is 21.1. The molecule has 0 aliphatic rings. The normalized spacial score (nSPS) is 11.4. The van der Waals surface area contributed by atoms with Crippen LogP contribution in [0.25, 0.3) is 11.4 Å². The summed E-state index contributed by atoms with van der Waals surface area (Å²) in [4.78, 5) is 12.9. The fraction of sp³-hybridized carbons (Fsp3) is 0.222. The van der Waals surface area contributed by atoms with Crippen LogP contribution in [0.1, 0.15) is 34.0 Å². The largest absolute Gasteiger partial charge is 0.497 e. The molecule has 192 valence electrons. The summed E-state index contributed by atoms with van der Waals surface area (Å²) >= 11 is 1.45. The highest BCUT2D eigenvalue weighted by Gasteiger charge is 2.30. The molecule has 4 aromatic rings. The van der Waals surface area contributed by atoms with Gasteiger partial charge >= 0.3 is 6.18 Å². The highest BCUT2D eigenvalue weighted by atomic mass is 32.2. The van der Waals surface area contributed by atoms with E-state index in [0.29, 0.717) is 28.6 Å². The molecule has 6 nitrogen and oxygen atoms in total. The number of nitrogens with one attached hydrogen (secondary N) is 1. The Morgan fingerprint density at radius 1 is 1.03 bits per heavy atom. The van der Waals surface area contributed by atoms with Gasteiger partial charge in [0.15, 0.2) is 11.0 Å². The van der Waals surface area contributed by atoms with E-state index in [1.807, 2.05) is 47.9 Å². The summed E-state index contributed by atoms with van der Waals surface area (Å²) in [5, 5.41) is 12.2. The van der Waals surface area contributed by atoms with Gasteiger partial charge in [-0.3, -0.25) is 4.79 Å². The monoisotopic (exact) mass is 526 g/mol. The number of carbonyl (C=O) groups is 1. The first-order valence-electron chi connectivity index (χ1n) is 11.5. The maximum atomic E-state index is 13.0. The Morgan fingerprint density at radius 2 is 1.81 bits per heavy atom. The Balaban J connectivity index is 1.47. The molecule has 0 spiro atoms. The summed E-state index contributed by atoms with van der Waals surface area (Å²) < 4.78 is 46.3. The van der Waals surface area contributed by atoms with E-state index in [1.54, 1.807) is 25.3 Å². The molecule has 0 radical (unpaired) electrons. The predicted molar refractivity (Wildman–Crippen MR) is 136 cm³/mol. The van der Waals surface area contributed by atoms with Crippen LogP contribution in [0, 0.1) is 0 Å². The molecule has 1 heterocycles. The first-order chi connectivity index (χ1) is 17.8. The van der Waals surface area contributed by atoms with Crippen molar-refractivity contribution in [2.75, 3.05) is 7.11 Å². The van der Waals surface area contributed by atoms with Crippen LogP contribution in [0.3, 0.4) is 0 Å². The predicted octanol–water partition coefficient (Wildman–Crippen LogP) is 6.21. The van der Waals surface area contributed by atoms with Gasteiger partial charge in [-0.05, 0) is 48.4 Å². The van der Waals surface area contributed by atoms with E-state index in [0.717, 1.165) is 34.8 Å². The Bertz CT molecular complexity index is 1390. The van der Waals surface area contributed by atoms with Gasteiger partial charge in [0, 0.05) is 30.0 Å². The Morgan fingerprint density at radius 3 is 2.57 bits per heavy atom. The number of hydrogen-bond donors (Lipinski definition) is 1. The molecular weight excluding hydrogens is 501 g/mol. The van der Waals surface area contributed by atoms with Crippen LogP contribution < -0.4 is 10.1 Å². The number of aromatic nitrogens is 3. The molecule has 1 N–H and O–H groups in total. The smallest absolute Gasteiger partial charge is 0.416 e. The Labute approximate surface area is 216 Å². The van der Waals surface area contributed by atoms with Crippen molar-refractivity contribution in [1.82, 2.24) is 20.1 Å². The molecule has 0 aliphatic carbocycles. The number of alkyl halides is 3. The third-order valence-corrected chi connectivity index (χ3v) is 6.70. The second-order valence-electron chi connectivity index (χ2n) is 8.11. The molecule has 1 amide bonds. The average molecular weight is 527 g/mol. The molecular formula is C27H25F3N4O2S. The fourth-order valence-electron chi connectivity index (χ4n) is 3.80. The third-order valence-electron chi connectivity index (χ3n) is 5.69. The van der Waals surface area contributed by atoms with Crippen LogP contribution in [-0.2, 0) is 25.0 Å². The van der Waals surface area contributed by atoms with E-state index < -0.39 is 11.7 Å². The summed E-state index contributed by atoms with van der Waals surface area (Å²) in [5.41, 5.74) is 1.75. The second-order valence-corrected chi connectivity index (χ2v) is 9.05. The van der Waals surface area contributed by atoms with Gasteiger partial charge < -0.3 is 14.6 Å².